The van der Waals surface area contributed by atoms with Gasteiger partial charge in [0.2, 0.25) is 5.91 Å². The van der Waals surface area contributed by atoms with Gasteiger partial charge < -0.3 is 28.8 Å². The van der Waals surface area contributed by atoms with Crippen molar-refractivity contribution in [1.82, 2.24) is 5.32 Å². The van der Waals surface area contributed by atoms with Crippen molar-refractivity contribution in [3.63, 3.8) is 0 Å². The second-order valence-corrected chi connectivity index (χ2v) is 24.5. The van der Waals surface area contributed by atoms with Crippen LogP contribution < -0.4 is 10.2 Å². The first-order valence-electron chi connectivity index (χ1n) is 32.6. The molecule has 0 aliphatic rings. The summed E-state index contributed by atoms with van der Waals surface area (Å²) in [5.74, 6) is -0.201. The number of carbonyl (C=O) groups excluding carboxylic acids is 1. The minimum absolute atomic E-state index is 0.00495. The van der Waals surface area contributed by atoms with Crippen LogP contribution in [-0.4, -0.2) is 68.5 Å². The van der Waals surface area contributed by atoms with E-state index in [2.05, 4.69) is 104 Å². The number of allylic oxidation sites excluding steroid dienone is 15. The summed E-state index contributed by atoms with van der Waals surface area (Å²) >= 11 is 0. The molecule has 8 nitrogen and oxygen atoms in total. The molecule has 0 aliphatic heterocycles. The Labute approximate surface area is 483 Å². The van der Waals surface area contributed by atoms with Gasteiger partial charge in [-0.25, -0.2) is 0 Å². The second-order valence-electron chi connectivity index (χ2n) is 23.1. The summed E-state index contributed by atoms with van der Waals surface area (Å²) in [5.41, 5.74) is 0. The lowest BCUT2D eigenvalue weighted by atomic mass is 10.0. The number of nitrogens with one attached hydrogen (secondary N) is 1. The zero-order chi connectivity index (χ0) is 57.0. The molecule has 0 saturated heterocycles. The molecule has 1 amide bonds. The maximum Gasteiger partial charge on any atom is 0.268 e. The fraction of sp³-hybridized carbons (Fsp3) is 0.754. The van der Waals surface area contributed by atoms with Crippen molar-refractivity contribution in [2.75, 3.05) is 40.9 Å². The van der Waals surface area contributed by atoms with Crippen molar-refractivity contribution in [2.24, 2.45) is 0 Å². The van der Waals surface area contributed by atoms with Crippen molar-refractivity contribution >= 4 is 13.7 Å². The van der Waals surface area contributed by atoms with Gasteiger partial charge in [-0.05, 0) is 77.0 Å². The van der Waals surface area contributed by atoms with E-state index in [0.29, 0.717) is 17.4 Å². The van der Waals surface area contributed by atoms with Gasteiger partial charge in [0, 0.05) is 6.42 Å². The van der Waals surface area contributed by atoms with Crippen LogP contribution in [0.15, 0.2) is 97.2 Å². The van der Waals surface area contributed by atoms with E-state index in [1.165, 1.54) is 180 Å². The standard InChI is InChI=1S/C69H125N2O6P/c1-6-8-10-12-14-16-18-20-22-24-26-28-30-31-32-33-34-35-36-37-38-39-41-43-45-47-49-51-53-55-57-59-61-63-69(73)70-67(66-77-78(74,75)76-65-64-71(3,4)5)68(72)62-60-58-56-54-52-50-48-46-44-42-40-29-27-25-23-21-19-17-15-13-11-9-7-2/h8,10,14,16,20,22,26,28,31-32,34-35,37-38,60,62,67-68,72H,6-7,9,11-13,15,17-19,21,23-25,27,29-30,33,36,39-59,61,63-66H2,1-5H3,(H-,70,73,74,75)/b10-8-,16-14-,22-20-,28-26-,32-31-,35-34-,38-37-,62-60+. The fourth-order valence-electron chi connectivity index (χ4n) is 9.25. The molecule has 0 aromatic carbocycles. The number of hydrogen-bond donors (Lipinski definition) is 2. The van der Waals surface area contributed by atoms with E-state index in [4.69, 9.17) is 9.05 Å². The van der Waals surface area contributed by atoms with E-state index in [1.54, 1.807) is 6.08 Å². The number of rotatable bonds is 59. The molecule has 0 aromatic heterocycles. The number of carbonyl (C=O) groups is 1. The van der Waals surface area contributed by atoms with Crippen molar-refractivity contribution in [1.29, 1.82) is 0 Å². The van der Waals surface area contributed by atoms with Gasteiger partial charge in [-0.3, -0.25) is 9.36 Å². The number of phosphoric ester groups is 1. The van der Waals surface area contributed by atoms with E-state index in [9.17, 15) is 19.4 Å². The first-order valence-corrected chi connectivity index (χ1v) is 34.1. The minimum atomic E-state index is -4.61. The molecular formula is C69H125N2O6P. The first-order chi connectivity index (χ1) is 38.0. The molecule has 3 atom stereocenters. The molecular weight excluding hydrogens is 984 g/mol. The summed E-state index contributed by atoms with van der Waals surface area (Å²) < 4.78 is 23.4. The Bertz CT molecular complexity index is 1590. The third-order valence-corrected chi connectivity index (χ3v) is 15.3. The topological polar surface area (TPSA) is 108 Å². The normalized spacial score (nSPS) is 14.4. The Morgan fingerprint density at radius 1 is 0.462 bits per heavy atom. The largest absolute Gasteiger partial charge is 0.756 e. The molecule has 0 radical (unpaired) electrons. The van der Waals surface area contributed by atoms with Crippen LogP contribution in [0.2, 0.25) is 0 Å². The lowest BCUT2D eigenvalue weighted by Gasteiger charge is -2.29. The van der Waals surface area contributed by atoms with E-state index in [1.807, 2.05) is 27.2 Å². The second kappa shape index (κ2) is 59.1. The number of aliphatic hydroxyl groups is 1. The number of unbranched alkanes of at least 4 members (excludes halogenated alkanes) is 32. The van der Waals surface area contributed by atoms with Crippen LogP contribution in [0.5, 0.6) is 0 Å². The van der Waals surface area contributed by atoms with E-state index >= 15 is 0 Å². The van der Waals surface area contributed by atoms with Gasteiger partial charge in [-0.15, -0.1) is 0 Å². The average molecular weight is 1110 g/mol. The lowest BCUT2D eigenvalue weighted by molar-refractivity contribution is -0.870. The summed E-state index contributed by atoms with van der Waals surface area (Å²) in [4.78, 5) is 25.6. The van der Waals surface area contributed by atoms with Crippen LogP contribution in [0, 0.1) is 0 Å². The van der Waals surface area contributed by atoms with Gasteiger partial charge in [-0.1, -0.05) is 297 Å². The number of quaternary nitrogens is 1. The molecule has 0 spiro atoms. The molecule has 0 aliphatic carbocycles. The number of nitrogens with zero attached hydrogens (tertiary/aromatic N) is 1. The molecule has 0 saturated carbocycles. The average Bonchev–Trinajstić information content (AvgIpc) is 3.41. The molecule has 2 N–H and O–H groups in total. The number of likely N-dealkylation sites (N-methyl/N-ethyl adjacent to an activating group) is 1. The van der Waals surface area contributed by atoms with Gasteiger partial charge in [0.05, 0.1) is 39.9 Å². The Morgan fingerprint density at radius 3 is 1.14 bits per heavy atom. The molecule has 0 aromatic rings. The summed E-state index contributed by atoms with van der Waals surface area (Å²) in [6, 6.07) is -0.895. The first kappa shape index (κ1) is 75.4. The van der Waals surface area contributed by atoms with Crippen LogP contribution >= 0.6 is 7.82 Å². The van der Waals surface area contributed by atoms with Crippen LogP contribution in [0.25, 0.3) is 0 Å². The molecule has 0 bridgehead atoms. The molecule has 9 heteroatoms. The Balaban J connectivity index is 4.15. The molecule has 452 valence electrons. The van der Waals surface area contributed by atoms with Crippen molar-refractivity contribution in [3.05, 3.63) is 97.2 Å². The molecule has 0 rings (SSSR count). The van der Waals surface area contributed by atoms with E-state index in [-0.39, 0.29) is 19.1 Å². The quantitative estimate of drug-likeness (QED) is 0.0272. The van der Waals surface area contributed by atoms with Gasteiger partial charge >= 0.3 is 0 Å². The van der Waals surface area contributed by atoms with Crippen LogP contribution in [0.4, 0.5) is 0 Å². The number of amides is 1. The molecule has 3 unspecified atom stereocenters. The monoisotopic (exact) mass is 1110 g/mol. The molecule has 0 heterocycles. The highest BCUT2D eigenvalue weighted by molar-refractivity contribution is 7.45. The fourth-order valence-corrected chi connectivity index (χ4v) is 9.98. The zero-order valence-corrected chi connectivity index (χ0v) is 52.5. The highest BCUT2D eigenvalue weighted by Crippen LogP contribution is 2.38. The van der Waals surface area contributed by atoms with Gasteiger partial charge in [0.1, 0.15) is 13.2 Å². The van der Waals surface area contributed by atoms with Gasteiger partial charge in [0.15, 0.2) is 0 Å². The maximum atomic E-state index is 13.0. The predicted molar refractivity (Wildman–Crippen MR) is 339 cm³/mol. The third-order valence-electron chi connectivity index (χ3n) is 14.3. The summed E-state index contributed by atoms with van der Waals surface area (Å²) in [7, 11) is 1.26. The summed E-state index contributed by atoms with van der Waals surface area (Å²) in [5, 5.41) is 13.9. The number of phosphoric acid groups is 1. The molecule has 78 heavy (non-hydrogen) atoms. The number of aliphatic hydroxyl groups excluding tert-OH is 1. The van der Waals surface area contributed by atoms with Gasteiger partial charge in [0.25, 0.3) is 7.82 Å². The highest BCUT2D eigenvalue weighted by atomic mass is 31.2. The Hall–Kier alpha value is -2.58. The Kier molecular flexibility index (Phi) is 57.1. The number of hydrogen-bond acceptors (Lipinski definition) is 6. The van der Waals surface area contributed by atoms with Crippen molar-refractivity contribution in [3.8, 4) is 0 Å². The SMILES string of the molecule is CC/C=C\C/C=C\C/C=C\C/C=C\C/C=C\C/C=C\C/C=C\CCCCCCCCCCCCCC(=O)NC(COP(=O)([O-])OCC[N+](C)(C)C)C(O)/C=C/CCCCCCCCCCCCCCCCCCCCCCC. The smallest absolute Gasteiger partial charge is 0.268 e. The van der Waals surface area contributed by atoms with Gasteiger partial charge in [-0.2, -0.15) is 0 Å². The summed E-state index contributed by atoms with van der Waals surface area (Å²) in [6.45, 7) is 4.56. The molecule has 0 fully saturated rings. The van der Waals surface area contributed by atoms with Crippen LogP contribution in [-0.2, 0) is 18.4 Å². The third kappa shape index (κ3) is 61.0. The van der Waals surface area contributed by atoms with Crippen LogP contribution in [0.1, 0.15) is 284 Å². The maximum absolute atomic E-state index is 13.0. The predicted octanol–water partition coefficient (Wildman–Crippen LogP) is 19.9. The minimum Gasteiger partial charge on any atom is -0.756 e. The van der Waals surface area contributed by atoms with Crippen molar-refractivity contribution < 1.29 is 32.9 Å². The summed E-state index contributed by atoms with van der Waals surface area (Å²) in [6.07, 6.45) is 85.0. The highest BCUT2D eigenvalue weighted by Gasteiger charge is 2.23. The van der Waals surface area contributed by atoms with Crippen LogP contribution in [0.3, 0.4) is 0 Å². The Morgan fingerprint density at radius 2 is 0.782 bits per heavy atom. The zero-order valence-electron chi connectivity index (χ0n) is 51.6. The van der Waals surface area contributed by atoms with E-state index < -0.39 is 20.0 Å². The lowest BCUT2D eigenvalue weighted by Crippen LogP contribution is -2.45. The van der Waals surface area contributed by atoms with Crippen molar-refractivity contribution in [2.45, 2.75) is 296 Å². The van der Waals surface area contributed by atoms with E-state index in [0.717, 1.165) is 83.5 Å².